The van der Waals surface area contributed by atoms with Crippen LogP contribution in [0.15, 0.2) is 292 Å². The maximum atomic E-state index is 13.4. The fraction of sp³-hybridized carbons (Fsp3) is 0.176. The zero-order valence-corrected chi connectivity index (χ0v) is 66.3. The van der Waals surface area contributed by atoms with Gasteiger partial charge in [-0.3, -0.25) is 95.6 Å². The van der Waals surface area contributed by atoms with E-state index in [0.29, 0.717) is 79.1 Å². The Morgan fingerprint density at radius 2 is 0.516 bits per heavy atom. The number of allylic oxidation sites excluding steroid dienone is 4. The second-order valence-electron chi connectivity index (χ2n) is 30.6. The Hall–Kier alpha value is -16.1. The van der Waals surface area contributed by atoms with Gasteiger partial charge in [0.1, 0.15) is 23.0 Å². The van der Waals surface area contributed by atoms with Crippen LogP contribution >= 0.6 is 0 Å². The van der Waals surface area contributed by atoms with Gasteiger partial charge in [0.2, 0.25) is 23.6 Å². The molecule has 8 heterocycles. The second-order valence-corrected chi connectivity index (χ2v) is 30.6. The molecule has 0 N–H and O–H groups in total. The van der Waals surface area contributed by atoms with Crippen molar-refractivity contribution in [2.24, 2.45) is 37.8 Å². The highest BCUT2D eigenvalue weighted by atomic mass is 16.5. The number of carbonyl (C=O) groups is 8. The first-order valence-electron chi connectivity index (χ1n) is 38.5. The van der Waals surface area contributed by atoms with Crippen molar-refractivity contribution in [2.75, 3.05) is 23.9 Å². The Balaban J connectivity index is 0.000000164. The summed E-state index contributed by atoms with van der Waals surface area (Å²) in [6, 6.07) is 58.3. The molecule has 0 spiro atoms. The minimum atomic E-state index is -0.633. The fourth-order valence-electron chi connectivity index (χ4n) is 15.9. The number of ether oxygens (including phenoxy) is 2. The van der Waals surface area contributed by atoms with Gasteiger partial charge in [-0.15, -0.1) is 0 Å². The van der Waals surface area contributed by atoms with Gasteiger partial charge in [-0.2, -0.15) is 0 Å². The Bertz CT molecular complexity index is 7400. The normalized spacial score (nSPS) is 16.1. The number of hydrogen-bond acceptors (Lipinski definition) is 18. The van der Waals surface area contributed by atoms with Crippen LogP contribution in [-0.2, 0) is 33.3 Å². The molecule has 26 nitrogen and oxygen atoms in total. The Morgan fingerprint density at radius 3 is 0.898 bits per heavy atom. The Labute approximate surface area is 734 Å². The number of likely N-dealkylation sites (tertiary alicyclic amines) is 1. The van der Waals surface area contributed by atoms with Gasteiger partial charge in [0.15, 0.2) is 0 Å². The highest BCUT2D eigenvalue weighted by molar-refractivity contribution is 6.35. The molecule has 20 rings (SSSR count). The summed E-state index contributed by atoms with van der Waals surface area (Å²) in [5.41, 5.74) is 6.47. The van der Waals surface area contributed by atoms with Crippen LogP contribution < -0.4 is 63.7 Å². The van der Waals surface area contributed by atoms with Crippen LogP contribution in [-0.4, -0.2) is 89.4 Å². The van der Waals surface area contributed by atoms with Gasteiger partial charge in [-0.1, -0.05) is 164 Å². The largest absolute Gasteiger partial charge is 0.457 e. The van der Waals surface area contributed by atoms with E-state index in [9.17, 15) is 76.7 Å². The lowest BCUT2D eigenvalue weighted by molar-refractivity contribution is -0.137. The number of nitrogens with zero attached hydrogens (tertiary/aromatic N) is 8. The summed E-state index contributed by atoms with van der Waals surface area (Å²) < 4.78 is 15.7. The first-order chi connectivity index (χ1) is 58.4. The van der Waals surface area contributed by atoms with Crippen molar-refractivity contribution in [1.82, 2.24) is 28.1 Å². The van der Waals surface area contributed by atoms with Gasteiger partial charge >= 0.3 is 0 Å². The SMILES string of the molecule is C.C.C.C.C.C.Cc1ccc(-n2c(=O)c3cc4c(=O)n(C)c(=O)c4cc3c2=O)cc1.Cc1ccc(N2C(=O)c3ccc(-c4ccc5c(c4)C(=O)N(C)C5=O)cc3C2=O)cc1.Cc1ccc(Oc2ccc(-n3c(=O)c4cc5c(=O)n(C)c(=O)c5cc4c3=O)cc2)cc1.Cc1ccc(Oc2ccc(N3C(=O)C4C=CC(C5=CC6C(=O)N(C)C(=O)C6C=C5)=CC4C3=O)cc2)cc1. The molecule has 4 aliphatic heterocycles. The summed E-state index contributed by atoms with van der Waals surface area (Å²) in [6.07, 6.45) is 10.7. The van der Waals surface area contributed by atoms with Crippen molar-refractivity contribution in [3.05, 3.63) is 381 Å². The maximum Gasteiger partial charge on any atom is 0.266 e. The highest BCUT2D eigenvalue weighted by Crippen LogP contribution is 2.42. The van der Waals surface area contributed by atoms with Gasteiger partial charge in [0.05, 0.1) is 112 Å². The monoisotopic (exact) mass is 1720 g/mol. The van der Waals surface area contributed by atoms with E-state index < -0.39 is 68.1 Å². The van der Waals surface area contributed by atoms with Crippen molar-refractivity contribution < 1.29 is 47.8 Å². The molecule has 648 valence electrons. The molecule has 4 unspecified atom stereocenters. The van der Waals surface area contributed by atoms with Crippen molar-refractivity contribution in [3.8, 4) is 45.5 Å². The number of aromatic nitrogens is 4. The minimum absolute atomic E-state index is 0. The van der Waals surface area contributed by atoms with Gasteiger partial charge in [-0.25, -0.2) is 18.9 Å². The molecule has 2 fully saturated rings. The smallest absolute Gasteiger partial charge is 0.266 e. The molecule has 2 saturated heterocycles. The molecule has 2 aliphatic carbocycles. The number of imide groups is 4. The van der Waals surface area contributed by atoms with E-state index in [0.717, 1.165) is 61.5 Å². The van der Waals surface area contributed by atoms with E-state index >= 15 is 0 Å². The zero-order valence-electron chi connectivity index (χ0n) is 66.3. The van der Waals surface area contributed by atoms with Crippen molar-refractivity contribution >= 4 is 102 Å². The average molecular weight is 1720 g/mol. The molecule has 10 aromatic carbocycles. The van der Waals surface area contributed by atoms with Crippen LogP contribution in [0.4, 0.5) is 11.4 Å². The van der Waals surface area contributed by atoms with E-state index in [1.807, 2.05) is 101 Å². The predicted molar refractivity (Wildman–Crippen MR) is 498 cm³/mol. The zero-order chi connectivity index (χ0) is 86.0. The predicted octanol–water partition coefficient (Wildman–Crippen LogP) is 14.9. The maximum absolute atomic E-state index is 13.4. The van der Waals surface area contributed by atoms with Crippen LogP contribution in [0.5, 0.6) is 23.0 Å². The molecular formula is C102H92N8O18. The lowest BCUT2D eigenvalue weighted by atomic mass is 9.81. The molecule has 128 heavy (non-hydrogen) atoms. The number of anilines is 2. The Morgan fingerprint density at radius 1 is 0.250 bits per heavy atom. The number of carbonyl (C=O) groups excluding carboxylic acids is 8. The van der Waals surface area contributed by atoms with E-state index in [1.54, 1.807) is 146 Å². The fourth-order valence-corrected chi connectivity index (χ4v) is 15.9. The minimum Gasteiger partial charge on any atom is -0.457 e. The van der Waals surface area contributed by atoms with Crippen LogP contribution in [0.2, 0.25) is 0 Å². The van der Waals surface area contributed by atoms with E-state index in [-0.39, 0.29) is 135 Å². The molecule has 6 aliphatic rings. The first kappa shape index (κ1) is 92.6. The summed E-state index contributed by atoms with van der Waals surface area (Å²) >= 11 is 0. The van der Waals surface area contributed by atoms with E-state index in [2.05, 4.69) is 0 Å². The summed E-state index contributed by atoms with van der Waals surface area (Å²) in [4.78, 5) is 206. The van der Waals surface area contributed by atoms with Crippen molar-refractivity contribution in [1.29, 1.82) is 0 Å². The average Bonchev–Trinajstić information content (AvgIpc) is 1.59. The molecule has 0 bridgehead atoms. The first-order valence-corrected chi connectivity index (χ1v) is 38.5. The van der Waals surface area contributed by atoms with Crippen LogP contribution in [0.25, 0.3) is 65.6 Å². The van der Waals surface area contributed by atoms with Gasteiger partial charge in [-0.05, 0) is 196 Å². The molecule has 26 heteroatoms. The standard InChI is InChI=1S/C30H24N2O5.C24H16N2O5.C24H16N2O4.C18H12N2O4.6CH4/c1-17-3-9-21(10-4-17)37-22-11-7-20(8-12-22)32-29(35)24-14-6-19(16-26(24)30(32)36)18-5-13-23-25(15-18)28(34)31(2)27(23)33;1-13-3-7-15(8-4-13)31-16-9-5-14(6-10-16)26-23(29)19-11-17-18(12-20(19)24(26)30)22(28)25(2)21(17)27;1-13-3-7-16(8-4-13)26-23(29)18-10-6-15(12-20(18)24(26)30)14-5-9-17-19(11-14)22(28)25(2)21(17)27;1-9-3-5-10(6-4-9)20-17(23)13-7-11-12(8-14(13)18(20)24)16(22)19(2)15(11)21;;;;;;/h3-16,23-26H,1-2H3;3-12H,1-2H3;3-12H,1-2H3;3-8H,1-2H3;6*1H4. The van der Waals surface area contributed by atoms with E-state index in [1.165, 1.54) is 62.3 Å². The number of fused-ring (bicyclic) bond motifs is 8. The van der Waals surface area contributed by atoms with Crippen LogP contribution in [0.3, 0.4) is 0 Å². The third-order valence-corrected chi connectivity index (χ3v) is 22.8. The van der Waals surface area contributed by atoms with E-state index in [4.69, 9.17) is 9.47 Å². The van der Waals surface area contributed by atoms with Gasteiger partial charge in [0, 0.05) is 28.2 Å². The Kier molecular flexibility index (Phi) is 25.8. The molecular weight excluding hydrogens is 1630 g/mol. The number of aryl methyl sites for hydroxylation is 4. The number of amides is 8. The van der Waals surface area contributed by atoms with Crippen molar-refractivity contribution in [2.45, 2.75) is 72.3 Å². The molecule has 8 amide bonds. The highest BCUT2D eigenvalue weighted by Gasteiger charge is 2.49. The molecule has 14 aromatic rings. The quantitative estimate of drug-likeness (QED) is 0.115. The van der Waals surface area contributed by atoms with Crippen LogP contribution in [0.1, 0.15) is 108 Å². The third-order valence-electron chi connectivity index (χ3n) is 22.8. The summed E-state index contributed by atoms with van der Waals surface area (Å²) in [5, 5.41) is 1.11. The van der Waals surface area contributed by atoms with Crippen molar-refractivity contribution in [3.63, 3.8) is 0 Å². The molecule has 4 aromatic heterocycles. The molecule has 0 radical (unpaired) electrons. The lowest BCUT2D eigenvalue weighted by Gasteiger charge is -2.20. The summed E-state index contributed by atoms with van der Waals surface area (Å²) in [6.45, 7) is 7.83. The second kappa shape index (κ2) is 35.6. The van der Waals surface area contributed by atoms with Crippen LogP contribution in [0, 0.1) is 51.4 Å². The molecule has 4 atom stereocenters. The number of hydrogen-bond donors (Lipinski definition) is 0. The topological polar surface area (TPSA) is 324 Å². The summed E-state index contributed by atoms with van der Waals surface area (Å²) in [7, 11) is 5.68. The lowest BCUT2D eigenvalue weighted by Crippen LogP contribution is -2.30. The molecule has 0 saturated carbocycles. The van der Waals surface area contributed by atoms with Gasteiger partial charge in [0.25, 0.3) is 68.1 Å². The third kappa shape index (κ3) is 15.7. The van der Waals surface area contributed by atoms with Gasteiger partial charge < -0.3 is 9.47 Å². The number of benzene rings is 10. The number of rotatable bonds is 10. The summed E-state index contributed by atoms with van der Waals surface area (Å²) in [5.74, 6) is -2.14.